The smallest absolute Gasteiger partial charge is 0.204 e. The van der Waals surface area contributed by atoms with Gasteiger partial charge in [-0.25, -0.2) is 0 Å². The minimum atomic E-state index is -0.698. The van der Waals surface area contributed by atoms with Crippen molar-refractivity contribution in [3.05, 3.63) is 33.8 Å². The Kier molecular flexibility index (Phi) is 4.58. The first-order valence-electron chi connectivity index (χ1n) is 3.82. The Morgan fingerprint density at radius 2 is 1.86 bits per heavy atom. The molecule has 0 aromatic heterocycles. The van der Waals surface area contributed by atoms with Crippen molar-refractivity contribution in [2.75, 3.05) is 0 Å². The van der Waals surface area contributed by atoms with E-state index in [4.69, 9.17) is 34.8 Å². The molecule has 0 aliphatic carbocycles. The van der Waals surface area contributed by atoms with Gasteiger partial charge < -0.3 is 0 Å². The summed E-state index contributed by atoms with van der Waals surface area (Å²) in [7, 11) is 0. The molecule has 1 rings (SSSR count). The van der Waals surface area contributed by atoms with Gasteiger partial charge in [-0.15, -0.1) is 24.2 Å². The quantitative estimate of drug-likeness (QED) is 0.655. The van der Waals surface area contributed by atoms with Gasteiger partial charge in [-0.1, -0.05) is 29.3 Å². The van der Waals surface area contributed by atoms with Gasteiger partial charge in [0.05, 0.1) is 0 Å². The third-order valence-corrected chi connectivity index (χ3v) is 3.24. The maximum Gasteiger partial charge on any atom is 0.204 e. The molecule has 0 amide bonds. The SMILES string of the molecule is O=C(S)C(Cl)Cc1c(Cl)cccc1Cl. The molecule has 1 nitrogen and oxygen atoms in total. The fourth-order valence-corrected chi connectivity index (χ4v) is 1.79. The van der Waals surface area contributed by atoms with Crippen LogP contribution in [0.4, 0.5) is 0 Å². The van der Waals surface area contributed by atoms with Crippen LogP contribution in [0, 0.1) is 0 Å². The van der Waals surface area contributed by atoms with E-state index >= 15 is 0 Å². The van der Waals surface area contributed by atoms with Crippen LogP contribution in [0.3, 0.4) is 0 Å². The van der Waals surface area contributed by atoms with E-state index in [1.165, 1.54) is 0 Å². The fourth-order valence-electron chi connectivity index (χ4n) is 0.994. The van der Waals surface area contributed by atoms with E-state index in [-0.39, 0.29) is 5.12 Å². The Hall–Kier alpha value is 0.110. The van der Waals surface area contributed by atoms with E-state index in [1.54, 1.807) is 18.2 Å². The van der Waals surface area contributed by atoms with E-state index in [1.807, 2.05) is 0 Å². The molecule has 1 aromatic rings. The lowest BCUT2D eigenvalue weighted by Gasteiger charge is -2.08. The van der Waals surface area contributed by atoms with E-state index in [9.17, 15) is 4.79 Å². The lowest BCUT2D eigenvalue weighted by atomic mass is 10.1. The Labute approximate surface area is 103 Å². The van der Waals surface area contributed by atoms with Crippen LogP contribution in [-0.4, -0.2) is 10.5 Å². The first-order valence-corrected chi connectivity index (χ1v) is 5.46. The van der Waals surface area contributed by atoms with Gasteiger partial charge in [-0.2, -0.15) is 0 Å². The van der Waals surface area contributed by atoms with Gasteiger partial charge in [0.15, 0.2) is 0 Å². The van der Waals surface area contributed by atoms with E-state index in [0.717, 1.165) is 0 Å². The predicted molar refractivity (Wildman–Crippen MR) is 63.8 cm³/mol. The van der Waals surface area contributed by atoms with Crippen LogP contribution >= 0.6 is 47.4 Å². The van der Waals surface area contributed by atoms with Crippen molar-refractivity contribution in [3.63, 3.8) is 0 Å². The summed E-state index contributed by atoms with van der Waals surface area (Å²) in [6.45, 7) is 0. The summed E-state index contributed by atoms with van der Waals surface area (Å²) < 4.78 is 0. The molecular weight excluding hydrogens is 263 g/mol. The van der Waals surface area contributed by atoms with Gasteiger partial charge in [0.1, 0.15) is 5.38 Å². The number of alkyl halides is 1. The zero-order chi connectivity index (χ0) is 10.7. The molecule has 5 heteroatoms. The van der Waals surface area contributed by atoms with Crippen molar-refractivity contribution in [3.8, 4) is 0 Å². The molecule has 0 saturated heterocycles. The average molecular weight is 270 g/mol. The number of rotatable bonds is 3. The summed E-state index contributed by atoms with van der Waals surface area (Å²) in [6, 6.07) is 5.14. The standard InChI is InChI=1S/C9H7Cl3OS/c10-6-2-1-3-7(11)5(6)4-8(12)9(13)14/h1-3,8H,4H2,(H,13,14). The summed E-state index contributed by atoms with van der Waals surface area (Å²) in [5, 5.41) is -0.0612. The van der Waals surface area contributed by atoms with Crippen LogP contribution in [0.25, 0.3) is 0 Å². The highest BCUT2D eigenvalue weighted by atomic mass is 35.5. The minimum Gasteiger partial charge on any atom is -0.286 e. The zero-order valence-corrected chi connectivity index (χ0v) is 10.2. The summed E-state index contributed by atoms with van der Waals surface area (Å²) in [6.07, 6.45) is 0.294. The molecule has 0 aliphatic heterocycles. The molecule has 76 valence electrons. The number of benzene rings is 1. The molecule has 0 aliphatic rings. The van der Waals surface area contributed by atoms with Crippen molar-refractivity contribution in [1.29, 1.82) is 0 Å². The van der Waals surface area contributed by atoms with Crippen LogP contribution in [0.15, 0.2) is 18.2 Å². The number of hydrogen-bond donors (Lipinski definition) is 1. The molecule has 1 aromatic carbocycles. The lowest BCUT2D eigenvalue weighted by Crippen LogP contribution is -2.11. The summed E-state index contributed by atoms with van der Waals surface area (Å²) in [5.41, 5.74) is 0.679. The molecule has 1 atom stereocenters. The molecule has 0 spiro atoms. The van der Waals surface area contributed by atoms with Gasteiger partial charge >= 0.3 is 0 Å². The maximum absolute atomic E-state index is 10.8. The Morgan fingerprint density at radius 1 is 1.36 bits per heavy atom. The second-order valence-corrected chi connectivity index (χ2v) is 4.49. The van der Waals surface area contributed by atoms with Crippen molar-refractivity contribution in [1.82, 2.24) is 0 Å². The number of carbonyl (C=O) groups excluding carboxylic acids is 1. The number of carbonyl (C=O) groups is 1. The number of halogens is 3. The van der Waals surface area contributed by atoms with Crippen LogP contribution in [0.5, 0.6) is 0 Å². The molecule has 0 saturated carbocycles. The molecule has 0 N–H and O–H groups in total. The zero-order valence-electron chi connectivity index (χ0n) is 7.01. The number of thiol groups is 1. The molecule has 0 bridgehead atoms. The predicted octanol–water partition coefficient (Wildman–Crippen LogP) is 3.60. The highest BCUT2D eigenvalue weighted by Crippen LogP contribution is 2.26. The molecule has 0 radical (unpaired) electrons. The van der Waals surface area contributed by atoms with Crippen molar-refractivity contribution in [2.24, 2.45) is 0 Å². The van der Waals surface area contributed by atoms with Crippen LogP contribution in [-0.2, 0) is 11.2 Å². The molecule has 0 heterocycles. The number of hydrogen-bond acceptors (Lipinski definition) is 1. The first kappa shape index (κ1) is 12.2. The third-order valence-electron chi connectivity index (χ3n) is 1.71. The summed E-state index contributed by atoms with van der Waals surface area (Å²) >= 11 is 21.2. The molecule has 14 heavy (non-hydrogen) atoms. The average Bonchev–Trinajstić information content (AvgIpc) is 2.11. The van der Waals surface area contributed by atoms with Gasteiger partial charge in [0.25, 0.3) is 0 Å². The van der Waals surface area contributed by atoms with Gasteiger partial charge in [0, 0.05) is 10.0 Å². The second-order valence-electron chi connectivity index (χ2n) is 2.71. The van der Waals surface area contributed by atoms with Gasteiger partial charge in [0.2, 0.25) is 5.12 Å². The Morgan fingerprint density at radius 3 is 2.29 bits per heavy atom. The maximum atomic E-state index is 10.8. The molecular formula is C9H7Cl3OS. The summed E-state index contributed by atoms with van der Waals surface area (Å²) in [5.74, 6) is 0. The van der Waals surface area contributed by atoms with Crippen molar-refractivity contribution >= 4 is 52.5 Å². The highest BCUT2D eigenvalue weighted by molar-refractivity contribution is 7.97. The van der Waals surface area contributed by atoms with Crippen LogP contribution in [0.2, 0.25) is 10.0 Å². The highest BCUT2D eigenvalue weighted by Gasteiger charge is 2.15. The Bertz CT molecular complexity index is 334. The largest absolute Gasteiger partial charge is 0.286 e. The summed E-state index contributed by atoms with van der Waals surface area (Å²) in [4.78, 5) is 10.8. The van der Waals surface area contributed by atoms with Crippen molar-refractivity contribution in [2.45, 2.75) is 11.8 Å². The topological polar surface area (TPSA) is 17.1 Å². The van der Waals surface area contributed by atoms with Gasteiger partial charge in [-0.3, -0.25) is 4.79 Å². The van der Waals surface area contributed by atoms with E-state index in [0.29, 0.717) is 22.0 Å². The fraction of sp³-hybridized carbons (Fsp3) is 0.222. The van der Waals surface area contributed by atoms with E-state index < -0.39 is 5.38 Å². The third kappa shape index (κ3) is 3.06. The molecule has 1 unspecified atom stereocenters. The molecule has 0 fully saturated rings. The monoisotopic (exact) mass is 268 g/mol. The van der Waals surface area contributed by atoms with Crippen LogP contribution < -0.4 is 0 Å². The Balaban J connectivity index is 2.91. The minimum absolute atomic E-state index is 0.294. The first-order chi connectivity index (χ1) is 6.52. The second kappa shape index (κ2) is 5.26. The van der Waals surface area contributed by atoms with Crippen molar-refractivity contribution < 1.29 is 4.79 Å². The van der Waals surface area contributed by atoms with E-state index in [2.05, 4.69) is 12.6 Å². The van der Waals surface area contributed by atoms with Gasteiger partial charge in [-0.05, 0) is 24.1 Å². The lowest BCUT2D eigenvalue weighted by molar-refractivity contribution is -0.110. The normalized spacial score (nSPS) is 12.6. The van der Waals surface area contributed by atoms with Crippen LogP contribution in [0.1, 0.15) is 5.56 Å².